The number of aromatic nitrogens is 1. The quantitative estimate of drug-likeness (QED) is 0.714. The molecule has 126 valence electrons. The van der Waals surface area contributed by atoms with Crippen LogP contribution in [-0.2, 0) is 24.1 Å². The fraction of sp³-hybridized carbons (Fsp3) is 0.318. The number of fused-ring (bicyclic) bond motifs is 4. The molecule has 1 amide bonds. The van der Waals surface area contributed by atoms with E-state index in [2.05, 4.69) is 48.3 Å². The van der Waals surface area contributed by atoms with Gasteiger partial charge in [-0.25, -0.2) is 0 Å². The molecule has 0 radical (unpaired) electrons. The molecule has 1 N–H and O–H groups in total. The van der Waals surface area contributed by atoms with E-state index in [9.17, 15) is 4.79 Å². The summed E-state index contributed by atoms with van der Waals surface area (Å²) in [6, 6.07) is 14.9. The second-order valence-electron chi connectivity index (χ2n) is 7.44. The first-order valence-corrected chi connectivity index (χ1v) is 9.20. The van der Waals surface area contributed by atoms with E-state index in [0.717, 1.165) is 37.9 Å². The van der Waals surface area contributed by atoms with Crippen LogP contribution in [0.2, 0.25) is 0 Å². The summed E-state index contributed by atoms with van der Waals surface area (Å²) in [5, 5.41) is 1.30. The van der Waals surface area contributed by atoms with Crippen LogP contribution >= 0.6 is 0 Å². The molecule has 1 aliphatic heterocycles. The average molecular weight is 330 g/mol. The van der Waals surface area contributed by atoms with Crippen molar-refractivity contribution in [3.63, 3.8) is 0 Å². The van der Waals surface area contributed by atoms with Gasteiger partial charge in [-0.1, -0.05) is 29.8 Å². The van der Waals surface area contributed by atoms with Crippen molar-refractivity contribution >= 4 is 22.5 Å². The predicted octanol–water partition coefficient (Wildman–Crippen LogP) is 4.17. The largest absolute Gasteiger partial charge is 0.358 e. The second-order valence-corrected chi connectivity index (χ2v) is 7.44. The maximum atomic E-state index is 13.2. The highest BCUT2D eigenvalue weighted by Gasteiger charge is 2.33. The molecule has 0 spiro atoms. The number of anilines is 1. The highest BCUT2D eigenvalue weighted by Crippen LogP contribution is 2.35. The number of benzene rings is 2. The van der Waals surface area contributed by atoms with Crippen molar-refractivity contribution in [2.24, 2.45) is 5.92 Å². The van der Waals surface area contributed by atoms with Gasteiger partial charge in [0.2, 0.25) is 5.91 Å². The molecule has 3 aromatic rings. The van der Waals surface area contributed by atoms with E-state index in [1.54, 1.807) is 0 Å². The smallest absolute Gasteiger partial charge is 0.230 e. The molecular formula is C22H22N2O. The minimum absolute atomic E-state index is 0.0955. The lowest BCUT2D eigenvalue weighted by atomic mass is 9.85. The fourth-order valence-electron chi connectivity index (χ4n) is 4.53. The molecule has 0 bridgehead atoms. The maximum absolute atomic E-state index is 13.2. The molecule has 5 rings (SSSR count). The topological polar surface area (TPSA) is 36.1 Å². The zero-order valence-electron chi connectivity index (χ0n) is 14.5. The Hall–Kier alpha value is -2.55. The van der Waals surface area contributed by atoms with Crippen molar-refractivity contribution in [3.05, 3.63) is 64.8 Å². The number of hydrogen-bond acceptors (Lipinski definition) is 1. The number of carbonyl (C=O) groups excluding carboxylic acids is 1. The third-order valence-electron chi connectivity index (χ3n) is 5.85. The van der Waals surface area contributed by atoms with E-state index in [-0.39, 0.29) is 5.92 Å². The van der Waals surface area contributed by atoms with E-state index >= 15 is 0 Å². The van der Waals surface area contributed by atoms with E-state index in [1.807, 2.05) is 11.0 Å². The molecule has 1 aromatic heterocycles. The number of H-pyrrole nitrogens is 1. The van der Waals surface area contributed by atoms with Crippen LogP contribution in [0.25, 0.3) is 10.9 Å². The van der Waals surface area contributed by atoms with Crippen LogP contribution in [0.15, 0.2) is 42.5 Å². The molecule has 0 saturated carbocycles. The Labute approximate surface area is 147 Å². The number of nitrogens with zero attached hydrogens (tertiary/aromatic N) is 1. The van der Waals surface area contributed by atoms with Crippen molar-refractivity contribution in [1.29, 1.82) is 0 Å². The van der Waals surface area contributed by atoms with Gasteiger partial charge in [0.1, 0.15) is 0 Å². The van der Waals surface area contributed by atoms with Crippen molar-refractivity contribution in [2.75, 3.05) is 11.4 Å². The Balaban J connectivity index is 1.47. The minimum atomic E-state index is 0.0955. The van der Waals surface area contributed by atoms with E-state index in [0.29, 0.717) is 5.91 Å². The Bertz CT molecular complexity index is 985. The molecule has 3 nitrogen and oxygen atoms in total. The van der Waals surface area contributed by atoms with Crippen molar-refractivity contribution in [2.45, 2.75) is 32.6 Å². The van der Waals surface area contributed by atoms with Crippen LogP contribution < -0.4 is 4.90 Å². The van der Waals surface area contributed by atoms with Gasteiger partial charge in [0, 0.05) is 34.7 Å². The molecular weight excluding hydrogens is 308 g/mol. The van der Waals surface area contributed by atoms with Gasteiger partial charge in [0.25, 0.3) is 0 Å². The number of aryl methyl sites for hydroxylation is 2. The van der Waals surface area contributed by atoms with Gasteiger partial charge in [-0.15, -0.1) is 0 Å². The molecule has 2 aromatic carbocycles. The Morgan fingerprint density at radius 3 is 2.96 bits per heavy atom. The number of aromatic amines is 1. The third-order valence-corrected chi connectivity index (χ3v) is 5.85. The van der Waals surface area contributed by atoms with Crippen LogP contribution in [-0.4, -0.2) is 17.4 Å². The molecule has 0 fully saturated rings. The van der Waals surface area contributed by atoms with Gasteiger partial charge >= 0.3 is 0 Å². The standard InChI is InChI=1S/C22H22N2O/c1-14-6-8-19-17(12-14)18-13-16(7-9-20(18)23-19)22(25)24-11-10-15-4-2-3-5-21(15)24/h2-6,8,12,16,23H,7,9-11,13H2,1H3. The predicted molar refractivity (Wildman–Crippen MR) is 101 cm³/mol. The summed E-state index contributed by atoms with van der Waals surface area (Å²) >= 11 is 0. The number of rotatable bonds is 1. The van der Waals surface area contributed by atoms with Gasteiger partial charge in [0.15, 0.2) is 0 Å². The lowest BCUT2D eigenvalue weighted by Crippen LogP contribution is -2.37. The molecule has 1 unspecified atom stereocenters. The second kappa shape index (κ2) is 5.48. The molecule has 0 saturated heterocycles. The average Bonchev–Trinajstić information content (AvgIpc) is 3.22. The number of para-hydroxylation sites is 1. The first-order valence-electron chi connectivity index (χ1n) is 9.20. The molecule has 3 heteroatoms. The molecule has 2 heterocycles. The van der Waals surface area contributed by atoms with E-state index < -0.39 is 0 Å². The fourth-order valence-corrected chi connectivity index (χ4v) is 4.53. The number of hydrogen-bond donors (Lipinski definition) is 1. The van der Waals surface area contributed by atoms with Crippen LogP contribution in [0.5, 0.6) is 0 Å². The van der Waals surface area contributed by atoms with E-state index in [1.165, 1.54) is 33.3 Å². The first-order chi connectivity index (χ1) is 12.2. The van der Waals surface area contributed by atoms with Gasteiger partial charge < -0.3 is 9.88 Å². The number of carbonyl (C=O) groups is 1. The van der Waals surface area contributed by atoms with Crippen molar-refractivity contribution in [1.82, 2.24) is 4.98 Å². The highest BCUT2D eigenvalue weighted by atomic mass is 16.2. The normalized spacial score (nSPS) is 19.1. The van der Waals surface area contributed by atoms with Crippen LogP contribution in [0.3, 0.4) is 0 Å². The van der Waals surface area contributed by atoms with Crippen LogP contribution in [0, 0.1) is 12.8 Å². The number of nitrogens with one attached hydrogen (secondary N) is 1. The summed E-state index contributed by atoms with van der Waals surface area (Å²) in [5.74, 6) is 0.399. The molecule has 1 aliphatic carbocycles. The Morgan fingerprint density at radius 1 is 1.16 bits per heavy atom. The number of amides is 1. The monoisotopic (exact) mass is 330 g/mol. The van der Waals surface area contributed by atoms with Gasteiger partial charge in [0.05, 0.1) is 0 Å². The Morgan fingerprint density at radius 2 is 2.04 bits per heavy atom. The third kappa shape index (κ3) is 2.30. The SMILES string of the molecule is Cc1ccc2[nH]c3c(c2c1)CC(C(=O)N1CCc2ccccc21)CC3. The Kier molecular flexibility index (Phi) is 3.24. The summed E-state index contributed by atoms with van der Waals surface area (Å²) in [4.78, 5) is 18.8. The van der Waals surface area contributed by atoms with Crippen LogP contribution in [0.4, 0.5) is 5.69 Å². The zero-order valence-corrected chi connectivity index (χ0v) is 14.5. The lowest BCUT2D eigenvalue weighted by Gasteiger charge is -2.27. The summed E-state index contributed by atoms with van der Waals surface area (Å²) in [6.07, 6.45) is 3.74. The summed E-state index contributed by atoms with van der Waals surface area (Å²) < 4.78 is 0. The summed E-state index contributed by atoms with van der Waals surface area (Å²) in [7, 11) is 0. The minimum Gasteiger partial charge on any atom is -0.358 e. The molecule has 1 atom stereocenters. The van der Waals surface area contributed by atoms with Gasteiger partial charge in [-0.3, -0.25) is 4.79 Å². The van der Waals surface area contributed by atoms with Gasteiger partial charge in [-0.05, 0) is 61.9 Å². The van der Waals surface area contributed by atoms with Crippen LogP contribution in [0.1, 0.15) is 28.8 Å². The molecule has 25 heavy (non-hydrogen) atoms. The van der Waals surface area contributed by atoms with Gasteiger partial charge in [-0.2, -0.15) is 0 Å². The summed E-state index contributed by atoms with van der Waals surface area (Å²) in [6.45, 7) is 2.96. The maximum Gasteiger partial charge on any atom is 0.230 e. The van der Waals surface area contributed by atoms with Crippen molar-refractivity contribution < 1.29 is 4.79 Å². The molecule has 2 aliphatic rings. The lowest BCUT2D eigenvalue weighted by molar-refractivity contribution is -0.122. The summed E-state index contributed by atoms with van der Waals surface area (Å²) in [5.41, 5.74) is 7.58. The first kappa shape index (κ1) is 14.8. The van der Waals surface area contributed by atoms with Crippen molar-refractivity contribution in [3.8, 4) is 0 Å². The zero-order chi connectivity index (χ0) is 17.0. The van der Waals surface area contributed by atoms with E-state index in [4.69, 9.17) is 0 Å². The highest BCUT2D eigenvalue weighted by molar-refractivity contribution is 5.98.